The van der Waals surface area contributed by atoms with Crippen molar-refractivity contribution < 1.29 is 4.79 Å². The molecule has 0 fully saturated rings. The molecule has 0 bridgehead atoms. The molecule has 0 aromatic heterocycles. The van der Waals surface area contributed by atoms with Crippen molar-refractivity contribution in [1.29, 1.82) is 0 Å². The highest BCUT2D eigenvalue weighted by Gasteiger charge is 2.17. The van der Waals surface area contributed by atoms with E-state index < -0.39 is 0 Å². The van der Waals surface area contributed by atoms with Gasteiger partial charge >= 0.3 is 0 Å². The largest absolute Gasteiger partial charge is 0.356 e. The van der Waals surface area contributed by atoms with Gasteiger partial charge in [-0.05, 0) is 12.0 Å². The Hall–Kier alpha value is -1.35. The van der Waals surface area contributed by atoms with Crippen molar-refractivity contribution in [2.24, 2.45) is 5.73 Å². The Morgan fingerprint density at radius 2 is 1.94 bits per heavy atom. The summed E-state index contributed by atoms with van der Waals surface area (Å²) in [5.74, 6) is -0.183. The number of nitrogens with one attached hydrogen (secondary N) is 1. The molecule has 1 unspecified atom stereocenters. The molecule has 0 aliphatic carbocycles. The number of benzene rings is 1. The van der Waals surface area contributed by atoms with Crippen LogP contribution in [0.15, 0.2) is 30.3 Å². The summed E-state index contributed by atoms with van der Waals surface area (Å²) in [5, 5.41) is 2.97. The zero-order chi connectivity index (χ0) is 13.2. The molecular formula is C15H24N2O. The molecule has 0 radical (unpaired) electrons. The Morgan fingerprint density at radius 1 is 1.22 bits per heavy atom. The van der Waals surface area contributed by atoms with E-state index >= 15 is 0 Å². The number of carbonyl (C=O) groups is 1. The van der Waals surface area contributed by atoms with Gasteiger partial charge in [0, 0.05) is 13.1 Å². The number of rotatable bonds is 8. The van der Waals surface area contributed by atoms with Crippen LogP contribution in [-0.2, 0) is 4.79 Å². The predicted octanol–water partition coefficient (Wildman–Crippen LogP) is 2.43. The van der Waals surface area contributed by atoms with Crippen molar-refractivity contribution in [2.75, 3.05) is 13.1 Å². The summed E-state index contributed by atoms with van der Waals surface area (Å²) in [4.78, 5) is 12.0. The number of unbranched alkanes of at least 4 members (excludes halogenated alkanes) is 3. The molecule has 1 amide bonds. The normalized spacial score (nSPS) is 12.1. The first-order valence-corrected chi connectivity index (χ1v) is 6.82. The van der Waals surface area contributed by atoms with Crippen LogP contribution in [0.5, 0.6) is 0 Å². The maximum absolute atomic E-state index is 12.0. The van der Waals surface area contributed by atoms with E-state index in [9.17, 15) is 4.79 Å². The summed E-state index contributed by atoms with van der Waals surface area (Å²) >= 11 is 0. The smallest absolute Gasteiger partial charge is 0.228 e. The van der Waals surface area contributed by atoms with Crippen LogP contribution in [-0.4, -0.2) is 19.0 Å². The van der Waals surface area contributed by atoms with Crippen molar-refractivity contribution in [3.8, 4) is 0 Å². The second-order valence-corrected chi connectivity index (χ2v) is 4.55. The Bertz CT molecular complexity index is 338. The molecule has 18 heavy (non-hydrogen) atoms. The molecule has 1 aromatic carbocycles. The first-order valence-electron chi connectivity index (χ1n) is 6.82. The third kappa shape index (κ3) is 4.88. The summed E-state index contributed by atoms with van der Waals surface area (Å²) in [7, 11) is 0. The van der Waals surface area contributed by atoms with Crippen LogP contribution in [0.1, 0.15) is 44.1 Å². The van der Waals surface area contributed by atoms with Crippen molar-refractivity contribution in [3.05, 3.63) is 35.9 Å². The summed E-state index contributed by atoms with van der Waals surface area (Å²) in [6, 6.07) is 9.72. The topological polar surface area (TPSA) is 55.1 Å². The zero-order valence-corrected chi connectivity index (χ0v) is 11.2. The first kappa shape index (κ1) is 14.7. The summed E-state index contributed by atoms with van der Waals surface area (Å²) in [6.07, 6.45) is 4.67. The second kappa shape index (κ2) is 8.70. The minimum atomic E-state index is -0.225. The molecule has 0 saturated heterocycles. The van der Waals surface area contributed by atoms with Crippen molar-refractivity contribution in [3.63, 3.8) is 0 Å². The van der Waals surface area contributed by atoms with E-state index in [1.165, 1.54) is 19.3 Å². The third-order valence-corrected chi connectivity index (χ3v) is 3.08. The van der Waals surface area contributed by atoms with Crippen LogP contribution in [0.2, 0.25) is 0 Å². The monoisotopic (exact) mass is 248 g/mol. The molecule has 0 aliphatic rings. The maximum atomic E-state index is 12.0. The predicted molar refractivity (Wildman–Crippen MR) is 75.4 cm³/mol. The molecule has 0 saturated carbocycles. The number of hydrogen-bond acceptors (Lipinski definition) is 2. The highest BCUT2D eigenvalue weighted by atomic mass is 16.1. The Labute approximate surface area is 110 Å². The number of nitrogens with two attached hydrogens (primary N) is 1. The van der Waals surface area contributed by atoms with Crippen LogP contribution >= 0.6 is 0 Å². The Morgan fingerprint density at radius 3 is 2.56 bits per heavy atom. The average Bonchev–Trinajstić information content (AvgIpc) is 2.40. The first-order chi connectivity index (χ1) is 8.79. The van der Waals surface area contributed by atoms with Gasteiger partial charge in [0.2, 0.25) is 5.91 Å². The van der Waals surface area contributed by atoms with Crippen molar-refractivity contribution in [1.82, 2.24) is 5.32 Å². The molecule has 100 valence electrons. The van der Waals surface area contributed by atoms with Crippen LogP contribution < -0.4 is 11.1 Å². The minimum Gasteiger partial charge on any atom is -0.356 e. The molecule has 3 heteroatoms. The van der Waals surface area contributed by atoms with E-state index in [0.29, 0.717) is 6.54 Å². The van der Waals surface area contributed by atoms with Gasteiger partial charge in [-0.25, -0.2) is 0 Å². The van der Waals surface area contributed by atoms with Gasteiger partial charge in [0.25, 0.3) is 0 Å². The molecule has 1 atom stereocenters. The van der Waals surface area contributed by atoms with Crippen molar-refractivity contribution >= 4 is 5.91 Å². The van der Waals surface area contributed by atoms with Gasteiger partial charge in [0.15, 0.2) is 0 Å². The fraction of sp³-hybridized carbons (Fsp3) is 0.533. The molecule has 1 rings (SSSR count). The van der Waals surface area contributed by atoms with Crippen molar-refractivity contribution in [2.45, 2.75) is 38.5 Å². The van der Waals surface area contributed by atoms with Gasteiger partial charge in [0.05, 0.1) is 5.92 Å². The van der Waals surface area contributed by atoms with Gasteiger partial charge in [-0.2, -0.15) is 0 Å². The van der Waals surface area contributed by atoms with E-state index in [1.807, 2.05) is 30.3 Å². The number of amides is 1. The SMILES string of the molecule is CCCCCCNC(=O)C(CN)c1ccccc1. The van der Waals surface area contributed by atoms with Crippen LogP contribution in [0.4, 0.5) is 0 Å². The van der Waals surface area contributed by atoms with Crippen LogP contribution in [0.25, 0.3) is 0 Å². The number of carbonyl (C=O) groups excluding carboxylic acids is 1. The number of hydrogen-bond donors (Lipinski definition) is 2. The molecule has 3 N–H and O–H groups in total. The Kier molecular flexibility index (Phi) is 7.11. The maximum Gasteiger partial charge on any atom is 0.228 e. The van der Waals surface area contributed by atoms with Crippen LogP contribution in [0.3, 0.4) is 0 Å². The lowest BCUT2D eigenvalue weighted by Crippen LogP contribution is -2.34. The van der Waals surface area contributed by atoms with Gasteiger partial charge in [-0.1, -0.05) is 56.5 Å². The molecule has 0 spiro atoms. The lowest BCUT2D eigenvalue weighted by molar-refractivity contribution is -0.122. The highest BCUT2D eigenvalue weighted by molar-refractivity contribution is 5.83. The van der Waals surface area contributed by atoms with Crippen LogP contribution in [0, 0.1) is 0 Å². The molecule has 3 nitrogen and oxygen atoms in total. The second-order valence-electron chi connectivity index (χ2n) is 4.55. The average molecular weight is 248 g/mol. The van der Waals surface area contributed by atoms with Gasteiger partial charge in [-0.15, -0.1) is 0 Å². The fourth-order valence-electron chi connectivity index (χ4n) is 1.97. The lowest BCUT2D eigenvalue weighted by atomic mass is 9.98. The van der Waals surface area contributed by atoms with E-state index in [-0.39, 0.29) is 11.8 Å². The molecular weight excluding hydrogens is 224 g/mol. The van der Waals surface area contributed by atoms with E-state index in [4.69, 9.17) is 5.73 Å². The highest BCUT2D eigenvalue weighted by Crippen LogP contribution is 2.14. The third-order valence-electron chi connectivity index (χ3n) is 3.08. The molecule has 0 heterocycles. The lowest BCUT2D eigenvalue weighted by Gasteiger charge is -2.15. The Balaban J connectivity index is 2.39. The van der Waals surface area contributed by atoms with E-state index in [0.717, 1.165) is 18.5 Å². The molecule has 1 aromatic rings. The van der Waals surface area contributed by atoms with E-state index in [1.54, 1.807) is 0 Å². The van der Waals surface area contributed by atoms with Gasteiger partial charge < -0.3 is 11.1 Å². The quantitative estimate of drug-likeness (QED) is 0.694. The minimum absolute atomic E-state index is 0.0419. The fourth-order valence-corrected chi connectivity index (χ4v) is 1.97. The molecule has 0 aliphatic heterocycles. The summed E-state index contributed by atoms with van der Waals surface area (Å²) in [5.41, 5.74) is 6.69. The summed E-state index contributed by atoms with van der Waals surface area (Å²) in [6.45, 7) is 3.28. The van der Waals surface area contributed by atoms with Gasteiger partial charge in [-0.3, -0.25) is 4.79 Å². The van der Waals surface area contributed by atoms with E-state index in [2.05, 4.69) is 12.2 Å². The van der Waals surface area contributed by atoms with Gasteiger partial charge in [0.1, 0.15) is 0 Å². The zero-order valence-electron chi connectivity index (χ0n) is 11.2. The standard InChI is InChI=1S/C15H24N2O/c1-2-3-4-8-11-17-15(18)14(12-16)13-9-6-5-7-10-13/h5-7,9-10,14H,2-4,8,11-12,16H2,1H3,(H,17,18). The summed E-state index contributed by atoms with van der Waals surface area (Å²) < 4.78 is 0.